The van der Waals surface area contributed by atoms with E-state index < -0.39 is 9.84 Å². The zero-order valence-electron chi connectivity index (χ0n) is 11.2. The van der Waals surface area contributed by atoms with Gasteiger partial charge in [-0.2, -0.15) is 0 Å². The van der Waals surface area contributed by atoms with E-state index >= 15 is 0 Å². The summed E-state index contributed by atoms with van der Waals surface area (Å²) < 4.78 is 24.7. The van der Waals surface area contributed by atoms with Gasteiger partial charge in [0, 0.05) is 25.8 Å². The number of carbonyl (C=O) groups excluding carboxylic acids is 1. The van der Waals surface area contributed by atoms with Gasteiger partial charge in [0.25, 0.3) is 5.91 Å². The average Bonchev–Trinajstić information content (AvgIpc) is 2.90. The van der Waals surface area contributed by atoms with Crippen LogP contribution < -0.4 is 5.73 Å². The summed E-state index contributed by atoms with van der Waals surface area (Å²) in [5.41, 5.74) is 6.75. The molecule has 1 atom stereocenters. The molecule has 1 saturated heterocycles. The largest absolute Gasteiger partial charge is 0.397 e. The number of carbonyl (C=O) groups is 1. The molecule has 2 rings (SSSR count). The van der Waals surface area contributed by atoms with Crippen LogP contribution >= 0.6 is 0 Å². The molecular formula is C12H19N3O3S. The van der Waals surface area contributed by atoms with Crippen molar-refractivity contribution in [3.8, 4) is 0 Å². The quantitative estimate of drug-likeness (QED) is 0.868. The zero-order chi connectivity index (χ0) is 14.2. The topological polar surface area (TPSA) is 85.4 Å². The van der Waals surface area contributed by atoms with Crippen molar-refractivity contribution in [3.63, 3.8) is 0 Å². The summed E-state index contributed by atoms with van der Waals surface area (Å²) >= 11 is 0. The molecule has 1 aliphatic rings. The van der Waals surface area contributed by atoms with Gasteiger partial charge in [0.15, 0.2) is 9.84 Å². The smallest absolute Gasteiger partial charge is 0.270 e. The van der Waals surface area contributed by atoms with Gasteiger partial charge in [0.05, 0.1) is 17.2 Å². The summed E-state index contributed by atoms with van der Waals surface area (Å²) in [5.74, 6) is 0.0321. The Balaban J connectivity index is 2.19. The van der Waals surface area contributed by atoms with E-state index in [0.29, 0.717) is 24.3 Å². The molecule has 1 unspecified atom stereocenters. The van der Waals surface area contributed by atoms with Crippen molar-refractivity contribution in [2.75, 3.05) is 24.3 Å². The molecule has 106 valence electrons. The minimum Gasteiger partial charge on any atom is -0.397 e. The maximum atomic E-state index is 12.4. The van der Waals surface area contributed by atoms with Gasteiger partial charge < -0.3 is 15.2 Å². The van der Waals surface area contributed by atoms with Gasteiger partial charge in [0.2, 0.25) is 0 Å². The number of aryl methyl sites for hydroxylation is 1. The second-order valence-corrected chi connectivity index (χ2v) is 7.15. The minimum atomic E-state index is -2.99. The summed E-state index contributed by atoms with van der Waals surface area (Å²) in [6, 6.07) is 1.39. The lowest BCUT2D eigenvalue weighted by molar-refractivity contribution is 0.0737. The van der Waals surface area contributed by atoms with Crippen LogP contribution in [-0.2, 0) is 16.4 Å². The second kappa shape index (κ2) is 4.88. The second-order valence-electron chi connectivity index (χ2n) is 4.92. The van der Waals surface area contributed by atoms with Crippen molar-refractivity contribution >= 4 is 21.4 Å². The Morgan fingerprint density at radius 2 is 2.26 bits per heavy atom. The monoisotopic (exact) mass is 285 g/mol. The first-order valence-corrected chi connectivity index (χ1v) is 8.09. The molecule has 1 fully saturated rings. The van der Waals surface area contributed by atoms with Crippen molar-refractivity contribution < 1.29 is 13.2 Å². The summed E-state index contributed by atoms with van der Waals surface area (Å²) in [6.07, 6.45) is 2.22. The first-order chi connectivity index (χ1) is 8.84. The molecule has 0 aromatic carbocycles. The minimum absolute atomic E-state index is 0.0531. The molecule has 6 nitrogen and oxygen atoms in total. The number of amides is 1. The number of sulfone groups is 1. The highest BCUT2D eigenvalue weighted by atomic mass is 32.2. The molecule has 0 aliphatic carbocycles. The van der Waals surface area contributed by atoms with Crippen LogP contribution in [0, 0.1) is 0 Å². The lowest BCUT2D eigenvalue weighted by Crippen LogP contribution is -2.38. The Morgan fingerprint density at radius 3 is 2.79 bits per heavy atom. The normalized spacial score (nSPS) is 21.5. The summed E-state index contributed by atoms with van der Waals surface area (Å²) in [7, 11) is -1.34. The number of anilines is 1. The average molecular weight is 285 g/mol. The fraction of sp³-hybridized carbons (Fsp3) is 0.583. The molecule has 0 bridgehead atoms. The third-order valence-electron chi connectivity index (χ3n) is 3.55. The molecule has 2 heterocycles. The van der Waals surface area contributed by atoms with Crippen LogP contribution in [0.25, 0.3) is 0 Å². The van der Waals surface area contributed by atoms with Crippen LogP contribution in [0.5, 0.6) is 0 Å². The van der Waals surface area contributed by atoms with E-state index in [2.05, 4.69) is 0 Å². The zero-order valence-corrected chi connectivity index (χ0v) is 12.0. The van der Waals surface area contributed by atoms with E-state index in [4.69, 9.17) is 5.73 Å². The molecule has 1 aliphatic heterocycles. The van der Waals surface area contributed by atoms with Crippen molar-refractivity contribution in [2.24, 2.45) is 0 Å². The first-order valence-electron chi connectivity index (χ1n) is 6.27. The fourth-order valence-electron chi connectivity index (χ4n) is 2.40. The molecule has 7 heteroatoms. The van der Waals surface area contributed by atoms with Gasteiger partial charge in [-0.05, 0) is 19.4 Å². The number of aromatic nitrogens is 1. The van der Waals surface area contributed by atoms with Crippen LogP contribution in [0.4, 0.5) is 5.69 Å². The van der Waals surface area contributed by atoms with Crippen LogP contribution in [0.1, 0.15) is 23.8 Å². The molecule has 0 radical (unpaired) electrons. The number of nitrogens with two attached hydrogens (primary N) is 1. The van der Waals surface area contributed by atoms with E-state index in [1.807, 2.05) is 6.92 Å². The Morgan fingerprint density at radius 1 is 1.58 bits per heavy atom. The number of nitrogens with zero attached hydrogens (tertiary/aromatic N) is 2. The number of hydrogen-bond donors (Lipinski definition) is 1. The van der Waals surface area contributed by atoms with E-state index in [9.17, 15) is 13.2 Å². The highest BCUT2D eigenvalue weighted by Gasteiger charge is 2.33. The van der Waals surface area contributed by atoms with Gasteiger partial charge in [-0.1, -0.05) is 0 Å². The number of rotatable bonds is 3. The Kier molecular flexibility index (Phi) is 3.58. The summed E-state index contributed by atoms with van der Waals surface area (Å²) in [6.45, 7) is 2.57. The van der Waals surface area contributed by atoms with Gasteiger partial charge >= 0.3 is 0 Å². The Hall–Kier alpha value is -1.50. The third-order valence-corrected chi connectivity index (χ3v) is 5.30. The Bertz CT molecular complexity index is 591. The lowest BCUT2D eigenvalue weighted by atomic mass is 10.2. The maximum Gasteiger partial charge on any atom is 0.270 e. The van der Waals surface area contributed by atoms with E-state index in [-0.39, 0.29) is 23.5 Å². The molecule has 19 heavy (non-hydrogen) atoms. The van der Waals surface area contributed by atoms with Crippen LogP contribution in [-0.4, -0.2) is 48.4 Å². The molecular weight excluding hydrogens is 266 g/mol. The highest BCUT2D eigenvalue weighted by molar-refractivity contribution is 7.91. The van der Waals surface area contributed by atoms with Gasteiger partial charge in [-0.25, -0.2) is 8.42 Å². The van der Waals surface area contributed by atoms with Gasteiger partial charge in [0.1, 0.15) is 5.69 Å². The molecule has 2 N–H and O–H groups in total. The molecule has 1 aromatic rings. The maximum absolute atomic E-state index is 12.4. The number of nitrogen functional groups attached to an aromatic ring is 1. The SMILES string of the molecule is CCn1cc(N)cc1C(=O)N(C)C1CCS(=O)(=O)C1. The predicted molar refractivity (Wildman–Crippen MR) is 73.7 cm³/mol. The molecule has 0 saturated carbocycles. The standard InChI is InChI=1S/C12H19N3O3S/c1-3-15-7-9(13)6-11(15)12(16)14(2)10-4-5-19(17,18)8-10/h6-7,10H,3-5,8,13H2,1-2H3. The van der Waals surface area contributed by atoms with Crippen molar-refractivity contribution in [1.29, 1.82) is 0 Å². The highest BCUT2D eigenvalue weighted by Crippen LogP contribution is 2.20. The van der Waals surface area contributed by atoms with Crippen LogP contribution in [0.3, 0.4) is 0 Å². The fourth-order valence-corrected chi connectivity index (χ4v) is 4.18. The number of hydrogen-bond acceptors (Lipinski definition) is 4. The third kappa shape index (κ3) is 2.75. The lowest BCUT2D eigenvalue weighted by Gasteiger charge is -2.23. The molecule has 1 amide bonds. The van der Waals surface area contributed by atoms with E-state index in [0.717, 1.165) is 0 Å². The Labute approximate surface area is 113 Å². The molecule has 1 aromatic heterocycles. The first kappa shape index (κ1) is 13.9. The predicted octanol–water partition coefficient (Wildman–Crippen LogP) is 0.349. The van der Waals surface area contributed by atoms with Gasteiger partial charge in [-0.15, -0.1) is 0 Å². The van der Waals surface area contributed by atoms with Gasteiger partial charge in [-0.3, -0.25) is 4.79 Å². The van der Waals surface area contributed by atoms with E-state index in [1.165, 1.54) is 4.90 Å². The summed E-state index contributed by atoms with van der Waals surface area (Å²) in [4.78, 5) is 13.9. The van der Waals surface area contributed by atoms with Crippen molar-refractivity contribution in [1.82, 2.24) is 9.47 Å². The van der Waals surface area contributed by atoms with Crippen LogP contribution in [0.2, 0.25) is 0 Å². The summed E-state index contributed by atoms with van der Waals surface area (Å²) in [5, 5.41) is 0. The van der Waals surface area contributed by atoms with Crippen LogP contribution in [0.15, 0.2) is 12.3 Å². The van der Waals surface area contributed by atoms with Crippen molar-refractivity contribution in [3.05, 3.63) is 18.0 Å². The van der Waals surface area contributed by atoms with Crippen molar-refractivity contribution in [2.45, 2.75) is 25.9 Å². The molecule has 0 spiro atoms. The van der Waals surface area contributed by atoms with E-state index in [1.54, 1.807) is 23.9 Å².